The lowest BCUT2D eigenvalue weighted by atomic mass is 9.73. The third-order valence-electron chi connectivity index (χ3n) is 9.95. The van der Waals surface area contributed by atoms with Gasteiger partial charge in [-0.3, -0.25) is 14.5 Å². The molecule has 9 heteroatoms. The summed E-state index contributed by atoms with van der Waals surface area (Å²) in [6.07, 6.45) is 2.74. The van der Waals surface area contributed by atoms with Crippen LogP contribution in [-0.2, 0) is 22.7 Å². The summed E-state index contributed by atoms with van der Waals surface area (Å²) in [5.41, 5.74) is 5.95. The monoisotopic (exact) mass is 616 g/mol. The Morgan fingerprint density at radius 2 is 1.84 bits per heavy atom. The first-order valence-corrected chi connectivity index (χ1v) is 16.8. The zero-order valence-corrected chi connectivity index (χ0v) is 27.2. The Bertz CT molecular complexity index is 1530. The molecule has 0 radical (unpaired) electrons. The lowest BCUT2D eigenvalue weighted by Gasteiger charge is -2.41. The highest BCUT2D eigenvalue weighted by molar-refractivity contribution is 7.14. The van der Waals surface area contributed by atoms with E-state index in [2.05, 4.69) is 64.3 Å². The molecular formula is C35H44N4O4S. The van der Waals surface area contributed by atoms with Crippen molar-refractivity contribution in [3.63, 3.8) is 0 Å². The molecule has 0 spiro atoms. The number of ether oxygens (including phenoxy) is 1. The third-order valence-corrected chi connectivity index (χ3v) is 10.9. The van der Waals surface area contributed by atoms with E-state index in [-0.39, 0.29) is 5.92 Å². The van der Waals surface area contributed by atoms with Gasteiger partial charge in [0, 0.05) is 62.7 Å². The Hall–Kier alpha value is -3.43. The van der Waals surface area contributed by atoms with Crippen molar-refractivity contribution in [2.75, 3.05) is 44.2 Å². The number of benzene rings is 2. The van der Waals surface area contributed by atoms with Gasteiger partial charge < -0.3 is 19.6 Å². The summed E-state index contributed by atoms with van der Waals surface area (Å²) in [4.78, 5) is 35.9. The van der Waals surface area contributed by atoms with Crippen LogP contribution in [0, 0.1) is 31.1 Å². The van der Waals surface area contributed by atoms with Crippen molar-refractivity contribution in [2.24, 2.45) is 17.3 Å². The van der Waals surface area contributed by atoms with Crippen LogP contribution in [0.2, 0.25) is 0 Å². The summed E-state index contributed by atoms with van der Waals surface area (Å²) >= 11 is 1.60. The first-order valence-electron chi connectivity index (χ1n) is 15.9. The van der Waals surface area contributed by atoms with Gasteiger partial charge in [-0.25, -0.2) is 4.98 Å². The highest BCUT2D eigenvalue weighted by Crippen LogP contribution is 2.40. The number of carbonyl (C=O) groups is 2. The van der Waals surface area contributed by atoms with Gasteiger partial charge in [0.15, 0.2) is 5.13 Å². The Morgan fingerprint density at radius 3 is 2.52 bits per heavy atom. The molecule has 2 saturated heterocycles. The number of piperidine rings is 1. The number of aryl methyl sites for hydroxylation is 2. The number of piperazine rings is 1. The molecule has 234 valence electrons. The summed E-state index contributed by atoms with van der Waals surface area (Å²) < 4.78 is 6.43. The van der Waals surface area contributed by atoms with E-state index in [9.17, 15) is 14.7 Å². The molecule has 2 atom stereocenters. The average Bonchev–Trinajstić information content (AvgIpc) is 3.74. The maximum absolute atomic E-state index is 12.4. The van der Waals surface area contributed by atoms with Gasteiger partial charge in [-0.05, 0) is 74.8 Å². The van der Waals surface area contributed by atoms with Gasteiger partial charge in [0.1, 0.15) is 12.4 Å². The summed E-state index contributed by atoms with van der Waals surface area (Å²) in [6.45, 7) is 14.4. The van der Waals surface area contributed by atoms with E-state index in [0.717, 1.165) is 78.8 Å². The number of aromatic nitrogens is 1. The fourth-order valence-corrected chi connectivity index (χ4v) is 7.24. The average molecular weight is 617 g/mol. The van der Waals surface area contributed by atoms with Crippen molar-refractivity contribution in [3.8, 4) is 17.0 Å². The number of carboxylic acids is 1. The molecule has 1 aliphatic carbocycles. The lowest BCUT2D eigenvalue weighted by molar-refractivity contribution is -0.152. The molecule has 2 aromatic carbocycles. The highest BCUT2D eigenvalue weighted by Gasteiger charge is 2.43. The van der Waals surface area contributed by atoms with Crippen molar-refractivity contribution in [1.29, 1.82) is 0 Å². The minimum Gasteiger partial charge on any atom is -0.488 e. The second-order valence-electron chi connectivity index (χ2n) is 13.3. The molecule has 1 amide bonds. The Morgan fingerprint density at radius 1 is 1.07 bits per heavy atom. The van der Waals surface area contributed by atoms with Crippen molar-refractivity contribution >= 4 is 28.3 Å². The summed E-state index contributed by atoms with van der Waals surface area (Å²) in [5, 5.41) is 12.7. The first-order chi connectivity index (χ1) is 21.1. The van der Waals surface area contributed by atoms with E-state index in [0.29, 0.717) is 37.9 Å². The minimum absolute atomic E-state index is 0.0291. The van der Waals surface area contributed by atoms with Crippen LogP contribution in [0.4, 0.5) is 5.13 Å². The van der Waals surface area contributed by atoms with E-state index in [1.165, 1.54) is 11.1 Å². The number of carboxylic acid groups (broad SMARTS) is 1. The Kier molecular flexibility index (Phi) is 8.70. The van der Waals surface area contributed by atoms with Crippen molar-refractivity contribution in [1.82, 2.24) is 14.8 Å². The maximum Gasteiger partial charge on any atom is 0.309 e. The van der Waals surface area contributed by atoms with Crippen LogP contribution in [0.25, 0.3) is 11.3 Å². The molecule has 1 N–H and O–H groups in total. The van der Waals surface area contributed by atoms with E-state index >= 15 is 0 Å². The van der Waals surface area contributed by atoms with Gasteiger partial charge in [0.25, 0.3) is 0 Å². The van der Waals surface area contributed by atoms with E-state index in [1.807, 2.05) is 19.9 Å². The molecule has 8 nitrogen and oxygen atoms in total. The molecule has 2 aliphatic heterocycles. The number of anilines is 1. The molecule has 6 rings (SSSR count). The summed E-state index contributed by atoms with van der Waals surface area (Å²) in [7, 11) is 0. The molecule has 44 heavy (non-hydrogen) atoms. The number of carbonyl (C=O) groups excluding carboxylic acids is 1. The van der Waals surface area contributed by atoms with Gasteiger partial charge >= 0.3 is 5.97 Å². The van der Waals surface area contributed by atoms with Crippen molar-refractivity contribution in [2.45, 2.75) is 60.1 Å². The largest absolute Gasteiger partial charge is 0.488 e. The quantitative estimate of drug-likeness (QED) is 0.316. The maximum atomic E-state index is 12.4. The van der Waals surface area contributed by atoms with E-state index in [1.54, 1.807) is 11.3 Å². The number of rotatable bonds is 9. The molecule has 3 heterocycles. The topological polar surface area (TPSA) is 86.2 Å². The van der Waals surface area contributed by atoms with Crippen LogP contribution in [0.15, 0.2) is 41.8 Å². The van der Waals surface area contributed by atoms with E-state index in [4.69, 9.17) is 9.72 Å². The SMILES string of the molecule is Cc1ccc(OCc2ccc(CN3CCN(C(=O)C4CC4)CC3)cc2C)c(-c2csc(N3CC[C@](C)(C(=O)O)[C@@H](C)C3)n2)c1. The minimum atomic E-state index is -0.716. The Balaban J connectivity index is 1.08. The van der Waals surface area contributed by atoms with Gasteiger partial charge in [-0.2, -0.15) is 0 Å². The number of nitrogens with zero attached hydrogens (tertiary/aromatic N) is 4. The zero-order chi connectivity index (χ0) is 31.0. The van der Waals surface area contributed by atoms with Crippen LogP contribution < -0.4 is 9.64 Å². The molecule has 1 aromatic heterocycles. The smallest absolute Gasteiger partial charge is 0.309 e. The van der Waals surface area contributed by atoms with E-state index < -0.39 is 11.4 Å². The second-order valence-corrected chi connectivity index (χ2v) is 14.1. The number of thiazole rings is 1. The number of amides is 1. The predicted octanol–water partition coefficient (Wildman–Crippen LogP) is 6.00. The van der Waals surface area contributed by atoms with Gasteiger partial charge in [0.2, 0.25) is 5.91 Å². The molecule has 0 bridgehead atoms. The van der Waals surface area contributed by atoms with Crippen LogP contribution in [-0.4, -0.2) is 71.0 Å². The summed E-state index contributed by atoms with van der Waals surface area (Å²) in [5.74, 6) is 0.781. The molecule has 0 unspecified atom stereocenters. The Labute approximate surface area is 264 Å². The normalized spacial score (nSPS) is 22.7. The second kappa shape index (κ2) is 12.5. The van der Waals surface area contributed by atoms with Crippen molar-refractivity contribution in [3.05, 3.63) is 64.0 Å². The van der Waals surface area contributed by atoms with Crippen LogP contribution >= 0.6 is 11.3 Å². The van der Waals surface area contributed by atoms with Gasteiger partial charge in [-0.1, -0.05) is 36.8 Å². The molecular weight excluding hydrogens is 572 g/mol. The van der Waals surface area contributed by atoms with Crippen LogP contribution in [0.5, 0.6) is 5.75 Å². The first kappa shape index (κ1) is 30.6. The lowest BCUT2D eigenvalue weighted by Crippen LogP contribution is -2.48. The number of aliphatic carboxylic acids is 1. The zero-order valence-electron chi connectivity index (χ0n) is 26.3. The number of hydrogen-bond donors (Lipinski definition) is 1. The molecule has 3 fully saturated rings. The molecule has 3 aliphatic rings. The van der Waals surface area contributed by atoms with Gasteiger partial charge in [-0.15, -0.1) is 11.3 Å². The van der Waals surface area contributed by atoms with Crippen LogP contribution in [0.3, 0.4) is 0 Å². The fourth-order valence-electron chi connectivity index (χ4n) is 6.38. The third kappa shape index (κ3) is 6.49. The van der Waals surface area contributed by atoms with Crippen molar-refractivity contribution < 1.29 is 19.4 Å². The standard InChI is InChI=1S/C35H44N4O4S/c1-23-5-10-31(29(17-23)30-22-44-34(36-30)39-12-11-35(4,33(41)42)25(3)19-39)43-21-28-7-6-26(18-24(28)2)20-37-13-15-38(16-14-37)32(40)27-8-9-27/h5-7,10,17-18,22,25,27H,8-9,11-16,19-21H2,1-4H3,(H,41,42)/t25-,35-/m0/s1. The molecule has 3 aromatic rings. The summed E-state index contributed by atoms with van der Waals surface area (Å²) in [6, 6.07) is 12.9. The van der Waals surface area contributed by atoms with Crippen LogP contribution in [0.1, 0.15) is 55.4 Å². The van der Waals surface area contributed by atoms with Gasteiger partial charge in [0.05, 0.1) is 11.1 Å². The number of hydrogen-bond acceptors (Lipinski definition) is 7. The highest BCUT2D eigenvalue weighted by atomic mass is 32.1. The predicted molar refractivity (Wildman–Crippen MR) is 174 cm³/mol. The fraction of sp³-hybridized carbons (Fsp3) is 0.514. The molecule has 1 saturated carbocycles.